The third kappa shape index (κ3) is 6.59. The summed E-state index contributed by atoms with van der Waals surface area (Å²) in [5.74, 6) is -0.0613. The minimum atomic E-state index is -0.450. The topological polar surface area (TPSA) is 84.2 Å². The fourth-order valence-electron chi connectivity index (χ4n) is 2.17. The zero-order valence-corrected chi connectivity index (χ0v) is 15.1. The van der Waals surface area contributed by atoms with Gasteiger partial charge in [0.05, 0.1) is 18.0 Å². The predicted octanol–water partition coefficient (Wildman–Crippen LogP) is 2.17. The molecule has 0 saturated carbocycles. The highest BCUT2D eigenvalue weighted by Crippen LogP contribution is 2.19. The van der Waals surface area contributed by atoms with Gasteiger partial charge in [-0.15, -0.1) is 12.4 Å². The van der Waals surface area contributed by atoms with Crippen LogP contribution >= 0.6 is 12.4 Å². The standard InChI is InChI=1S/C17H27N3O2.ClH/c1-12(2)17(4,11-18)20-16(22)10-15(19-13(3)21)14-8-6-5-7-9-14;/h5-9,12,15H,10-11,18H2,1-4H3,(H,19,21)(H,20,22);1H. The third-order valence-electron chi connectivity index (χ3n) is 4.09. The molecular weight excluding hydrogens is 314 g/mol. The van der Waals surface area contributed by atoms with Crippen LogP contribution in [0.25, 0.3) is 0 Å². The number of rotatable bonds is 7. The predicted molar refractivity (Wildman–Crippen MR) is 95.3 cm³/mol. The van der Waals surface area contributed by atoms with Crippen molar-refractivity contribution in [1.29, 1.82) is 0 Å². The van der Waals surface area contributed by atoms with Gasteiger partial charge in [0.1, 0.15) is 0 Å². The summed E-state index contributed by atoms with van der Waals surface area (Å²) >= 11 is 0. The van der Waals surface area contributed by atoms with Crippen LogP contribution in [0.5, 0.6) is 0 Å². The van der Waals surface area contributed by atoms with E-state index in [-0.39, 0.29) is 42.6 Å². The van der Waals surface area contributed by atoms with Gasteiger partial charge in [0.2, 0.25) is 11.8 Å². The van der Waals surface area contributed by atoms with Crippen LogP contribution in [-0.2, 0) is 9.59 Å². The largest absolute Gasteiger partial charge is 0.349 e. The second-order valence-electron chi connectivity index (χ2n) is 6.19. The normalized spacial score (nSPS) is 14.3. The average molecular weight is 342 g/mol. The molecule has 0 saturated heterocycles. The van der Waals surface area contributed by atoms with Crippen molar-refractivity contribution >= 4 is 24.2 Å². The number of halogens is 1. The molecule has 0 aromatic heterocycles. The van der Waals surface area contributed by atoms with Crippen LogP contribution in [0.3, 0.4) is 0 Å². The molecule has 0 bridgehead atoms. The van der Waals surface area contributed by atoms with Crippen molar-refractivity contribution in [3.05, 3.63) is 35.9 Å². The van der Waals surface area contributed by atoms with E-state index in [0.29, 0.717) is 6.54 Å². The fourth-order valence-corrected chi connectivity index (χ4v) is 2.17. The molecule has 4 N–H and O–H groups in total. The zero-order chi connectivity index (χ0) is 16.8. The van der Waals surface area contributed by atoms with Crippen molar-refractivity contribution in [1.82, 2.24) is 10.6 Å². The lowest BCUT2D eigenvalue weighted by Crippen LogP contribution is -2.55. The van der Waals surface area contributed by atoms with Gasteiger partial charge in [0.25, 0.3) is 0 Å². The van der Waals surface area contributed by atoms with Gasteiger partial charge < -0.3 is 16.4 Å². The molecular formula is C17H28ClN3O2. The first-order valence-electron chi connectivity index (χ1n) is 7.61. The number of hydrogen-bond donors (Lipinski definition) is 3. The molecule has 23 heavy (non-hydrogen) atoms. The van der Waals surface area contributed by atoms with Crippen LogP contribution in [0, 0.1) is 5.92 Å². The first-order valence-corrected chi connectivity index (χ1v) is 7.61. The molecule has 130 valence electrons. The van der Waals surface area contributed by atoms with Crippen LogP contribution in [0.2, 0.25) is 0 Å². The molecule has 0 radical (unpaired) electrons. The zero-order valence-electron chi connectivity index (χ0n) is 14.3. The molecule has 1 aromatic carbocycles. The third-order valence-corrected chi connectivity index (χ3v) is 4.09. The number of nitrogens with one attached hydrogen (secondary N) is 2. The highest BCUT2D eigenvalue weighted by molar-refractivity contribution is 5.85. The first-order chi connectivity index (χ1) is 10.3. The van der Waals surface area contributed by atoms with Crippen molar-refractivity contribution in [3.8, 4) is 0 Å². The Hall–Kier alpha value is -1.59. The minimum Gasteiger partial charge on any atom is -0.349 e. The molecule has 2 atom stereocenters. The van der Waals surface area contributed by atoms with Crippen LogP contribution in [0.15, 0.2) is 30.3 Å². The van der Waals surface area contributed by atoms with Crippen LogP contribution in [0.4, 0.5) is 0 Å². The van der Waals surface area contributed by atoms with Crippen molar-refractivity contribution in [2.45, 2.75) is 45.7 Å². The van der Waals surface area contributed by atoms with Crippen LogP contribution in [-0.4, -0.2) is 23.9 Å². The Morgan fingerprint density at radius 1 is 1.22 bits per heavy atom. The lowest BCUT2D eigenvalue weighted by molar-refractivity contribution is -0.124. The molecule has 0 aliphatic rings. The van der Waals surface area contributed by atoms with E-state index in [4.69, 9.17) is 5.73 Å². The second kappa shape index (κ2) is 9.53. The van der Waals surface area contributed by atoms with E-state index in [2.05, 4.69) is 10.6 Å². The number of amides is 2. The summed E-state index contributed by atoms with van der Waals surface area (Å²) in [7, 11) is 0. The van der Waals surface area contributed by atoms with E-state index in [0.717, 1.165) is 5.56 Å². The fraction of sp³-hybridized carbons (Fsp3) is 0.529. The number of carbonyl (C=O) groups is 2. The van der Waals surface area contributed by atoms with E-state index in [1.54, 1.807) is 0 Å². The van der Waals surface area contributed by atoms with Gasteiger partial charge in [-0.3, -0.25) is 9.59 Å². The Balaban J connectivity index is 0.00000484. The molecule has 5 nitrogen and oxygen atoms in total. The number of carbonyl (C=O) groups excluding carboxylic acids is 2. The summed E-state index contributed by atoms with van der Waals surface area (Å²) in [4.78, 5) is 23.8. The summed E-state index contributed by atoms with van der Waals surface area (Å²) in [5.41, 5.74) is 6.25. The minimum absolute atomic E-state index is 0. The Labute approximate surface area is 144 Å². The Morgan fingerprint density at radius 2 is 1.78 bits per heavy atom. The van der Waals surface area contributed by atoms with E-state index in [9.17, 15) is 9.59 Å². The summed E-state index contributed by atoms with van der Waals surface area (Å²) in [6.07, 6.45) is 0.186. The van der Waals surface area contributed by atoms with Gasteiger partial charge in [-0.05, 0) is 18.4 Å². The summed E-state index contributed by atoms with van der Waals surface area (Å²) in [5, 5.41) is 5.83. The Kier molecular flexibility index (Phi) is 8.87. The highest BCUT2D eigenvalue weighted by atomic mass is 35.5. The molecule has 0 aliphatic carbocycles. The van der Waals surface area contributed by atoms with Gasteiger partial charge in [0.15, 0.2) is 0 Å². The van der Waals surface area contributed by atoms with Gasteiger partial charge in [-0.25, -0.2) is 0 Å². The molecule has 1 aromatic rings. The van der Waals surface area contributed by atoms with E-state index >= 15 is 0 Å². The quantitative estimate of drug-likeness (QED) is 0.710. The molecule has 0 aliphatic heterocycles. The van der Waals surface area contributed by atoms with Gasteiger partial charge in [0, 0.05) is 13.5 Å². The van der Waals surface area contributed by atoms with Crippen LogP contribution < -0.4 is 16.4 Å². The van der Waals surface area contributed by atoms with E-state index in [1.165, 1.54) is 6.92 Å². The summed E-state index contributed by atoms with van der Waals surface area (Å²) in [6.45, 7) is 7.80. The summed E-state index contributed by atoms with van der Waals surface area (Å²) in [6, 6.07) is 9.14. The van der Waals surface area contributed by atoms with E-state index < -0.39 is 5.54 Å². The SMILES string of the molecule is CC(=O)NC(CC(=O)NC(C)(CN)C(C)C)c1ccccc1.Cl. The maximum absolute atomic E-state index is 12.4. The smallest absolute Gasteiger partial charge is 0.222 e. The molecule has 6 heteroatoms. The maximum atomic E-state index is 12.4. The monoisotopic (exact) mass is 341 g/mol. The lowest BCUT2D eigenvalue weighted by atomic mass is 9.88. The van der Waals surface area contributed by atoms with Crippen molar-refractivity contribution in [3.63, 3.8) is 0 Å². The van der Waals surface area contributed by atoms with Gasteiger partial charge in [-0.1, -0.05) is 44.2 Å². The van der Waals surface area contributed by atoms with Crippen molar-refractivity contribution < 1.29 is 9.59 Å². The maximum Gasteiger partial charge on any atom is 0.222 e. The molecule has 2 unspecified atom stereocenters. The average Bonchev–Trinajstić information content (AvgIpc) is 2.46. The Morgan fingerprint density at radius 3 is 2.22 bits per heavy atom. The molecule has 0 heterocycles. The number of benzene rings is 1. The number of hydrogen-bond acceptors (Lipinski definition) is 3. The second-order valence-corrected chi connectivity index (χ2v) is 6.19. The van der Waals surface area contributed by atoms with Gasteiger partial charge >= 0.3 is 0 Å². The van der Waals surface area contributed by atoms with Crippen molar-refractivity contribution in [2.24, 2.45) is 11.7 Å². The van der Waals surface area contributed by atoms with Gasteiger partial charge in [-0.2, -0.15) is 0 Å². The lowest BCUT2D eigenvalue weighted by Gasteiger charge is -2.34. The first kappa shape index (κ1) is 21.4. The van der Waals surface area contributed by atoms with Crippen LogP contribution in [0.1, 0.15) is 45.7 Å². The van der Waals surface area contributed by atoms with Crippen molar-refractivity contribution in [2.75, 3.05) is 6.54 Å². The molecule has 0 spiro atoms. The highest BCUT2D eigenvalue weighted by Gasteiger charge is 2.29. The molecule has 0 fully saturated rings. The number of nitrogens with two attached hydrogens (primary N) is 1. The summed E-state index contributed by atoms with van der Waals surface area (Å²) < 4.78 is 0. The molecule has 2 amide bonds. The Bertz CT molecular complexity index is 508. The molecule has 1 rings (SSSR count). The van der Waals surface area contributed by atoms with E-state index in [1.807, 2.05) is 51.1 Å².